The summed E-state index contributed by atoms with van der Waals surface area (Å²) in [4.78, 5) is 0.223. The van der Waals surface area contributed by atoms with Gasteiger partial charge in [0, 0.05) is 12.0 Å². The van der Waals surface area contributed by atoms with E-state index < -0.39 is 11.1 Å². The van der Waals surface area contributed by atoms with Crippen molar-refractivity contribution in [3.05, 3.63) is 22.7 Å². The van der Waals surface area contributed by atoms with Crippen LogP contribution < -0.4 is 34.3 Å². The van der Waals surface area contributed by atoms with E-state index in [1.807, 2.05) is 0 Å². The van der Waals surface area contributed by atoms with E-state index in [4.69, 9.17) is 9.47 Å². The number of methoxy groups -OCH3 is 1. The van der Waals surface area contributed by atoms with Crippen LogP contribution in [0.1, 0.15) is 0 Å². The third kappa shape index (κ3) is 5.27. The monoisotopic (exact) mass is 316 g/mol. The molecule has 0 spiro atoms. The van der Waals surface area contributed by atoms with Gasteiger partial charge in [-0.15, -0.1) is 0 Å². The first-order valence-corrected chi connectivity index (χ1v) is 6.02. The van der Waals surface area contributed by atoms with Gasteiger partial charge in [0.25, 0.3) is 0 Å². The Hall–Kier alpha value is 0.570. The number of hydrogen-bond acceptors (Lipinski definition) is 4. The zero-order chi connectivity index (χ0) is 11.3. The van der Waals surface area contributed by atoms with Crippen LogP contribution in [0.15, 0.2) is 27.6 Å². The second-order valence-electron chi connectivity index (χ2n) is 2.67. The average molecular weight is 317 g/mol. The molecule has 0 radical (unpaired) electrons. The summed E-state index contributed by atoms with van der Waals surface area (Å²) in [5, 5.41) is 0. The van der Waals surface area contributed by atoms with Crippen molar-refractivity contribution in [1.82, 2.24) is 0 Å². The van der Waals surface area contributed by atoms with Gasteiger partial charge >= 0.3 is 29.6 Å². The van der Waals surface area contributed by atoms with Crippen molar-refractivity contribution in [3.63, 3.8) is 0 Å². The Kier molecular flexibility index (Phi) is 8.94. The topological polar surface area (TPSA) is 58.6 Å². The van der Waals surface area contributed by atoms with E-state index in [9.17, 15) is 8.76 Å². The van der Waals surface area contributed by atoms with Gasteiger partial charge in [-0.2, -0.15) is 0 Å². The third-order valence-electron chi connectivity index (χ3n) is 1.64. The van der Waals surface area contributed by atoms with Crippen molar-refractivity contribution in [2.45, 2.75) is 4.90 Å². The van der Waals surface area contributed by atoms with E-state index in [0.29, 0.717) is 23.4 Å². The predicted octanol–water partition coefficient (Wildman–Crippen LogP) is -1.28. The SMILES string of the molecule is COCCOc1ccc(S(=O)[O-])cc1Br.[Na+]. The molecule has 0 aliphatic rings. The van der Waals surface area contributed by atoms with E-state index in [-0.39, 0.29) is 34.5 Å². The molecule has 0 fully saturated rings. The Balaban J connectivity index is 0.00000225. The largest absolute Gasteiger partial charge is 1.00 e. The molecule has 0 heterocycles. The van der Waals surface area contributed by atoms with Crippen LogP contribution in [-0.4, -0.2) is 29.1 Å². The number of hydrogen-bond donors (Lipinski definition) is 0. The summed E-state index contributed by atoms with van der Waals surface area (Å²) in [5.41, 5.74) is 0. The number of ether oxygens (including phenoxy) is 2. The fourth-order valence-corrected chi connectivity index (χ4v) is 1.98. The maximum absolute atomic E-state index is 10.6. The quantitative estimate of drug-likeness (QED) is 0.385. The molecule has 16 heavy (non-hydrogen) atoms. The van der Waals surface area contributed by atoms with Crippen LogP contribution in [0.3, 0.4) is 0 Å². The molecule has 0 amide bonds. The molecule has 0 aromatic heterocycles. The van der Waals surface area contributed by atoms with Gasteiger partial charge in [0.1, 0.15) is 12.4 Å². The molecular weight excluding hydrogens is 307 g/mol. The third-order valence-corrected chi connectivity index (χ3v) is 2.90. The number of halogens is 1. The molecular formula is C9H10BrNaO4S. The van der Waals surface area contributed by atoms with Crippen LogP contribution in [0.2, 0.25) is 0 Å². The minimum absolute atomic E-state index is 0. The van der Waals surface area contributed by atoms with Crippen LogP contribution >= 0.6 is 15.9 Å². The molecule has 0 bridgehead atoms. The fraction of sp³-hybridized carbons (Fsp3) is 0.333. The molecule has 1 unspecified atom stereocenters. The molecule has 0 saturated heterocycles. The van der Waals surface area contributed by atoms with E-state index in [0.717, 1.165) is 0 Å². The van der Waals surface area contributed by atoms with E-state index in [2.05, 4.69) is 15.9 Å². The number of rotatable bonds is 5. The van der Waals surface area contributed by atoms with Gasteiger partial charge in [-0.05, 0) is 45.2 Å². The van der Waals surface area contributed by atoms with Crippen molar-refractivity contribution in [2.75, 3.05) is 20.3 Å². The molecule has 0 aliphatic heterocycles. The van der Waals surface area contributed by atoms with Crippen molar-refractivity contribution in [2.24, 2.45) is 0 Å². The van der Waals surface area contributed by atoms with Crippen LogP contribution in [0.5, 0.6) is 5.75 Å². The van der Waals surface area contributed by atoms with Crippen molar-refractivity contribution in [1.29, 1.82) is 0 Å². The van der Waals surface area contributed by atoms with Gasteiger partial charge in [0.05, 0.1) is 11.1 Å². The Bertz CT molecular complexity index is 361. The van der Waals surface area contributed by atoms with Crippen molar-refractivity contribution in [3.8, 4) is 5.75 Å². The normalized spacial score (nSPS) is 11.7. The summed E-state index contributed by atoms with van der Waals surface area (Å²) in [6.45, 7) is 0.913. The van der Waals surface area contributed by atoms with Crippen LogP contribution in [0, 0.1) is 0 Å². The summed E-state index contributed by atoms with van der Waals surface area (Å²) >= 11 is 1.01. The standard InChI is InChI=1S/C9H11BrO4S.Na/c1-13-4-5-14-9-3-2-7(15(11)12)6-8(9)10;/h2-3,6H,4-5H2,1H3,(H,11,12);/q;+1/p-1. The summed E-state index contributed by atoms with van der Waals surface area (Å²) in [5.74, 6) is 0.598. The van der Waals surface area contributed by atoms with Gasteiger partial charge < -0.3 is 14.0 Å². The Morgan fingerprint density at radius 1 is 1.44 bits per heavy atom. The Labute approximate surface area is 127 Å². The van der Waals surface area contributed by atoms with Crippen LogP contribution in [0.4, 0.5) is 0 Å². The minimum Gasteiger partial charge on any atom is -0.768 e. The zero-order valence-corrected chi connectivity index (χ0v) is 13.5. The van der Waals surface area contributed by atoms with E-state index in [1.165, 1.54) is 12.1 Å². The van der Waals surface area contributed by atoms with Gasteiger partial charge in [-0.3, -0.25) is 4.21 Å². The minimum atomic E-state index is -2.22. The summed E-state index contributed by atoms with van der Waals surface area (Å²) < 4.78 is 32.1. The first-order chi connectivity index (χ1) is 7.15. The van der Waals surface area contributed by atoms with E-state index >= 15 is 0 Å². The molecule has 84 valence electrons. The summed E-state index contributed by atoms with van der Waals surface area (Å²) in [6, 6.07) is 4.58. The van der Waals surface area contributed by atoms with E-state index in [1.54, 1.807) is 13.2 Å². The van der Waals surface area contributed by atoms with Crippen LogP contribution in [0.25, 0.3) is 0 Å². The predicted molar refractivity (Wildman–Crippen MR) is 58.7 cm³/mol. The maximum atomic E-state index is 10.6. The molecule has 1 atom stereocenters. The Morgan fingerprint density at radius 2 is 2.12 bits per heavy atom. The maximum Gasteiger partial charge on any atom is 1.00 e. The van der Waals surface area contributed by atoms with Crippen LogP contribution in [-0.2, 0) is 15.8 Å². The smallest absolute Gasteiger partial charge is 0.768 e. The Morgan fingerprint density at radius 3 is 2.62 bits per heavy atom. The summed E-state index contributed by atoms with van der Waals surface area (Å²) in [7, 11) is 1.59. The molecule has 0 saturated carbocycles. The van der Waals surface area contributed by atoms with Crippen molar-refractivity contribution < 1.29 is 47.8 Å². The average Bonchev–Trinajstić information content (AvgIpc) is 2.20. The molecule has 0 N–H and O–H groups in total. The second kappa shape index (κ2) is 8.63. The molecule has 1 rings (SSSR count). The second-order valence-corrected chi connectivity index (χ2v) is 4.46. The van der Waals surface area contributed by atoms with Gasteiger partial charge in [-0.25, -0.2) is 0 Å². The number of benzene rings is 1. The molecule has 1 aromatic carbocycles. The molecule has 1 aromatic rings. The van der Waals surface area contributed by atoms with Gasteiger partial charge in [-0.1, -0.05) is 0 Å². The summed E-state index contributed by atoms with van der Waals surface area (Å²) in [6.07, 6.45) is 0. The van der Waals surface area contributed by atoms with Gasteiger partial charge in [0.2, 0.25) is 0 Å². The molecule has 7 heteroatoms. The molecule has 4 nitrogen and oxygen atoms in total. The van der Waals surface area contributed by atoms with Gasteiger partial charge in [0.15, 0.2) is 0 Å². The zero-order valence-electron chi connectivity index (χ0n) is 9.07. The molecule has 0 aliphatic carbocycles. The van der Waals surface area contributed by atoms with Crippen molar-refractivity contribution >= 4 is 27.0 Å². The fourth-order valence-electron chi connectivity index (χ4n) is 0.937. The first kappa shape index (κ1) is 16.6. The first-order valence-electron chi connectivity index (χ1n) is 4.15.